The number of benzene rings is 1. The number of aromatic nitrogens is 2. The van der Waals surface area contributed by atoms with Crippen LogP contribution in [0.5, 0.6) is 0 Å². The van der Waals surface area contributed by atoms with E-state index in [4.69, 9.17) is 5.11 Å². The van der Waals surface area contributed by atoms with Crippen molar-refractivity contribution in [3.63, 3.8) is 0 Å². The molecule has 2 aromatic rings. The van der Waals surface area contributed by atoms with Crippen molar-refractivity contribution in [1.29, 1.82) is 0 Å². The minimum atomic E-state index is -0.157. The molecule has 0 radical (unpaired) electrons. The van der Waals surface area contributed by atoms with Gasteiger partial charge < -0.3 is 15.7 Å². The molecule has 0 bridgehead atoms. The van der Waals surface area contributed by atoms with Gasteiger partial charge in [-0.3, -0.25) is 4.68 Å². The summed E-state index contributed by atoms with van der Waals surface area (Å²) >= 11 is 0. The van der Waals surface area contributed by atoms with Gasteiger partial charge in [-0.1, -0.05) is 24.3 Å². The van der Waals surface area contributed by atoms with E-state index in [1.807, 2.05) is 37.5 Å². The van der Waals surface area contributed by atoms with E-state index >= 15 is 0 Å². The second kappa shape index (κ2) is 8.19. The van der Waals surface area contributed by atoms with Crippen LogP contribution in [-0.4, -0.2) is 34.0 Å². The van der Waals surface area contributed by atoms with E-state index in [2.05, 4.69) is 15.7 Å². The molecule has 1 aromatic heterocycles. The Hall–Kier alpha value is -2.34. The Morgan fingerprint density at radius 1 is 1.09 bits per heavy atom. The maximum absolute atomic E-state index is 11.7. The zero-order chi connectivity index (χ0) is 15.8. The lowest BCUT2D eigenvalue weighted by Crippen LogP contribution is -2.37. The summed E-state index contributed by atoms with van der Waals surface area (Å²) in [6.45, 7) is 1.22. The highest BCUT2D eigenvalue weighted by molar-refractivity contribution is 5.73. The van der Waals surface area contributed by atoms with Gasteiger partial charge in [0.2, 0.25) is 0 Å². The Morgan fingerprint density at radius 3 is 2.23 bits per heavy atom. The van der Waals surface area contributed by atoms with E-state index in [-0.39, 0.29) is 12.6 Å². The van der Waals surface area contributed by atoms with Crippen LogP contribution in [0.1, 0.15) is 16.7 Å². The van der Waals surface area contributed by atoms with Crippen LogP contribution in [0.25, 0.3) is 0 Å². The van der Waals surface area contributed by atoms with E-state index in [1.165, 1.54) is 0 Å². The molecule has 1 aromatic carbocycles. The van der Waals surface area contributed by atoms with E-state index in [9.17, 15) is 4.79 Å². The van der Waals surface area contributed by atoms with Crippen LogP contribution in [0.3, 0.4) is 0 Å². The number of aliphatic hydroxyl groups excluding tert-OH is 1. The van der Waals surface area contributed by atoms with E-state index in [0.29, 0.717) is 13.1 Å². The predicted molar refractivity (Wildman–Crippen MR) is 84.4 cm³/mol. The van der Waals surface area contributed by atoms with Crippen LogP contribution >= 0.6 is 0 Å². The normalized spacial score (nSPS) is 10.5. The van der Waals surface area contributed by atoms with Gasteiger partial charge in [0.1, 0.15) is 0 Å². The maximum atomic E-state index is 11.7. The summed E-state index contributed by atoms with van der Waals surface area (Å²) in [5, 5.41) is 18.7. The molecule has 2 amide bonds. The fraction of sp³-hybridized carbons (Fsp3) is 0.375. The van der Waals surface area contributed by atoms with Gasteiger partial charge in [-0.15, -0.1) is 0 Å². The van der Waals surface area contributed by atoms with Crippen molar-refractivity contribution < 1.29 is 9.90 Å². The first kappa shape index (κ1) is 16.0. The van der Waals surface area contributed by atoms with Gasteiger partial charge >= 0.3 is 6.03 Å². The molecule has 0 aliphatic carbocycles. The number of amides is 2. The minimum absolute atomic E-state index is 0.0534. The fourth-order valence-corrected chi connectivity index (χ4v) is 2.12. The summed E-state index contributed by atoms with van der Waals surface area (Å²) in [5.74, 6) is 0. The molecule has 3 N–H and O–H groups in total. The Kier molecular flexibility index (Phi) is 5.97. The molecule has 0 unspecified atom stereocenters. The summed E-state index contributed by atoms with van der Waals surface area (Å²) in [6.07, 6.45) is 5.27. The lowest BCUT2D eigenvalue weighted by atomic mass is 10.1. The third-order valence-corrected chi connectivity index (χ3v) is 3.36. The lowest BCUT2D eigenvalue weighted by Gasteiger charge is -2.07. The van der Waals surface area contributed by atoms with Crippen molar-refractivity contribution in [3.8, 4) is 0 Å². The molecule has 118 valence electrons. The molecular formula is C16H22N4O2. The Morgan fingerprint density at radius 2 is 1.68 bits per heavy atom. The molecule has 0 saturated heterocycles. The van der Waals surface area contributed by atoms with Gasteiger partial charge in [0.15, 0.2) is 0 Å². The number of rotatable bonds is 7. The quantitative estimate of drug-likeness (QED) is 0.714. The highest BCUT2D eigenvalue weighted by Gasteiger charge is 2.01. The van der Waals surface area contributed by atoms with Gasteiger partial charge in [-0.25, -0.2) is 4.79 Å². The maximum Gasteiger partial charge on any atom is 0.314 e. The minimum Gasteiger partial charge on any atom is -0.392 e. The van der Waals surface area contributed by atoms with Crippen LogP contribution in [0.15, 0.2) is 36.7 Å². The standard InChI is InChI=1S/C16H22N4O2/c1-20-11-15(10-19-20)7-9-18-16(22)17-8-6-13-2-4-14(12-21)5-3-13/h2-5,10-11,21H,6-9,12H2,1H3,(H2,17,18,22). The third kappa shape index (κ3) is 5.21. The summed E-state index contributed by atoms with van der Waals surface area (Å²) in [6, 6.07) is 7.56. The number of hydrogen-bond donors (Lipinski definition) is 3. The first-order chi connectivity index (χ1) is 10.7. The summed E-state index contributed by atoms with van der Waals surface area (Å²) < 4.78 is 1.75. The number of aliphatic hydroxyl groups is 1. The average molecular weight is 302 g/mol. The average Bonchev–Trinajstić information content (AvgIpc) is 2.93. The van der Waals surface area contributed by atoms with Gasteiger partial charge in [0.05, 0.1) is 12.8 Å². The molecule has 0 fully saturated rings. The number of nitrogens with one attached hydrogen (secondary N) is 2. The first-order valence-electron chi connectivity index (χ1n) is 7.35. The third-order valence-electron chi connectivity index (χ3n) is 3.36. The summed E-state index contributed by atoms with van der Waals surface area (Å²) in [7, 11) is 1.87. The molecular weight excluding hydrogens is 280 g/mol. The molecule has 1 heterocycles. The highest BCUT2D eigenvalue weighted by atomic mass is 16.3. The smallest absolute Gasteiger partial charge is 0.314 e. The molecule has 22 heavy (non-hydrogen) atoms. The van der Waals surface area contributed by atoms with Crippen molar-refractivity contribution in [2.24, 2.45) is 7.05 Å². The molecule has 0 aliphatic heterocycles. The molecule has 0 atom stereocenters. The zero-order valence-electron chi connectivity index (χ0n) is 12.7. The highest BCUT2D eigenvalue weighted by Crippen LogP contribution is 2.04. The van der Waals surface area contributed by atoms with Crippen molar-refractivity contribution in [2.45, 2.75) is 19.4 Å². The number of hydrogen-bond acceptors (Lipinski definition) is 3. The van der Waals surface area contributed by atoms with Crippen molar-refractivity contribution in [3.05, 3.63) is 53.3 Å². The Balaban J connectivity index is 1.60. The van der Waals surface area contributed by atoms with Crippen molar-refractivity contribution in [1.82, 2.24) is 20.4 Å². The van der Waals surface area contributed by atoms with Gasteiger partial charge in [0, 0.05) is 26.3 Å². The number of carbonyl (C=O) groups excluding carboxylic acids is 1. The number of nitrogens with zero attached hydrogens (tertiary/aromatic N) is 2. The van der Waals surface area contributed by atoms with Crippen LogP contribution in [0.2, 0.25) is 0 Å². The lowest BCUT2D eigenvalue weighted by molar-refractivity contribution is 0.241. The number of carbonyl (C=O) groups is 1. The molecule has 6 heteroatoms. The Bertz CT molecular complexity index is 592. The second-order valence-corrected chi connectivity index (χ2v) is 5.18. The molecule has 0 aliphatic rings. The van der Waals surface area contributed by atoms with Crippen LogP contribution < -0.4 is 10.6 Å². The van der Waals surface area contributed by atoms with E-state index in [0.717, 1.165) is 29.5 Å². The Labute approximate surface area is 130 Å². The second-order valence-electron chi connectivity index (χ2n) is 5.18. The van der Waals surface area contributed by atoms with E-state index < -0.39 is 0 Å². The SMILES string of the molecule is Cn1cc(CCNC(=O)NCCc2ccc(CO)cc2)cn1. The van der Waals surface area contributed by atoms with Gasteiger partial charge in [0.25, 0.3) is 0 Å². The van der Waals surface area contributed by atoms with Gasteiger partial charge in [-0.2, -0.15) is 5.10 Å². The van der Waals surface area contributed by atoms with Crippen LogP contribution in [0.4, 0.5) is 4.79 Å². The number of urea groups is 1. The molecule has 0 saturated carbocycles. The molecule has 0 spiro atoms. The topological polar surface area (TPSA) is 79.2 Å². The first-order valence-corrected chi connectivity index (χ1v) is 7.35. The van der Waals surface area contributed by atoms with Crippen LogP contribution in [0, 0.1) is 0 Å². The largest absolute Gasteiger partial charge is 0.392 e. The summed E-state index contributed by atoms with van der Waals surface area (Å²) in [5.41, 5.74) is 3.13. The zero-order valence-corrected chi connectivity index (χ0v) is 12.7. The van der Waals surface area contributed by atoms with Crippen molar-refractivity contribution >= 4 is 6.03 Å². The predicted octanol–water partition coefficient (Wildman–Crippen LogP) is 0.997. The molecule has 6 nitrogen and oxygen atoms in total. The summed E-state index contributed by atoms with van der Waals surface area (Å²) in [4.78, 5) is 11.7. The van der Waals surface area contributed by atoms with Crippen molar-refractivity contribution in [2.75, 3.05) is 13.1 Å². The van der Waals surface area contributed by atoms with E-state index in [1.54, 1.807) is 10.9 Å². The molecule has 2 rings (SSSR count). The van der Waals surface area contributed by atoms with Gasteiger partial charge in [-0.05, 0) is 29.5 Å². The monoisotopic (exact) mass is 302 g/mol. The fourth-order valence-electron chi connectivity index (χ4n) is 2.12. The number of aryl methyl sites for hydroxylation is 1. The van der Waals surface area contributed by atoms with Crippen LogP contribution in [-0.2, 0) is 26.5 Å².